The molecule has 0 aliphatic carbocycles. The van der Waals surface area contributed by atoms with Crippen LogP contribution in [0.3, 0.4) is 0 Å². The molecule has 0 unspecified atom stereocenters. The number of nitrogens with zero attached hydrogens (tertiary/aromatic N) is 7. The number of hydrogen-bond donors (Lipinski definition) is 1. The van der Waals surface area contributed by atoms with E-state index in [2.05, 4.69) is 25.1 Å². The number of hydrogen-bond acceptors (Lipinski definition) is 10. The maximum Gasteiger partial charge on any atom is 0.324 e. The van der Waals surface area contributed by atoms with Crippen LogP contribution in [-0.2, 0) is 4.74 Å². The Labute approximate surface area is 149 Å². The van der Waals surface area contributed by atoms with E-state index in [0.29, 0.717) is 38.3 Å². The topological polar surface area (TPSA) is 119 Å². The first kappa shape index (κ1) is 16.2. The lowest BCUT2D eigenvalue weighted by molar-refractivity contribution is 0.119. The molecule has 0 spiro atoms. The number of benzene rings is 1. The van der Waals surface area contributed by atoms with E-state index in [4.69, 9.17) is 15.0 Å². The van der Waals surface area contributed by atoms with Gasteiger partial charge in [0.15, 0.2) is 0 Å². The van der Waals surface area contributed by atoms with Crippen molar-refractivity contribution in [3.8, 4) is 11.6 Å². The van der Waals surface area contributed by atoms with Crippen LogP contribution >= 0.6 is 0 Å². The largest absolute Gasteiger partial charge is 0.378 e. The number of morpholine rings is 1. The molecule has 10 nitrogen and oxygen atoms in total. The Balaban J connectivity index is 1.63. The Morgan fingerprint density at radius 3 is 2.54 bits per heavy atom. The van der Waals surface area contributed by atoms with Crippen molar-refractivity contribution in [3.05, 3.63) is 30.3 Å². The van der Waals surface area contributed by atoms with Crippen LogP contribution < -0.4 is 15.5 Å². The van der Waals surface area contributed by atoms with Gasteiger partial charge in [0.05, 0.1) is 13.2 Å². The second kappa shape index (κ2) is 6.92. The van der Waals surface area contributed by atoms with Crippen LogP contribution in [0.2, 0.25) is 0 Å². The van der Waals surface area contributed by atoms with Gasteiger partial charge in [-0.05, 0) is 12.1 Å². The van der Waals surface area contributed by atoms with E-state index in [9.17, 15) is 0 Å². The normalized spacial score (nSPS) is 14.4. The summed E-state index contributed by atoms with van der Waals surface area (Å²) in [6.45, 7) is 2.65. The molecular weight excluding hydrogens is 336 g/mol. The average molecular weight is 354 g/mol. The van der Waals surface area contributed by atoms with Gasteiger partial charge in [-0.2, -0.15) is 19.9 Å². The molecule has 1 aromatic carbocycles. The molecule has 2 aromatic heterocycles. The molecule has 0 bridgehead atoms. The van der Waals surface area contributed by atoms with Gasteiger partial charge in [-0.1, -0.05) is 23.4 Å². The molecule has 10 heteroatoms. The zero-order valence-corrected chi connectivity index (χ0v) is 14.2. The van der Waals surface area contributed by atoms with Crippen molar-refractivity contribution >= 4 is 23.6 Å². The molecule has 0 atom stereocenters. The third kappa shape index (κ3) is 3.26. The van der Waals surface area contributed by atoms with E-state index in [0.717, 1.165) is 5.69 Å². The van der Waals surface area contributed by atoms with E-state index >= 15 is 0 Å². The fourth-order valence-electron chi connectivity index (χ4n) is 2.59. The highest BCUT2D eigenvalue weighted by Gasteiger charge is 2.21. The minimum absolute atomic E-state index is 0.0884. The molecular formula is C16H18N8O2. The summed E-state index contributed by atoms with van der Waals surface area (Å²) < 4.78 is 10.7. The summed E-state index contributed by atoms with van der Waals surface area (Å²) in [5, 5.41) is 3.98. The van der Waals surface area contributed by atoms with Gasteiger partial charge in [0.25, 0.3) is 0 Å². The van der Waals surface area contributed by atoms with Crippen molar-refractivity contribution in [1.82, 2.24) is 25.1 Å². The van der Waals surface area contributed by atoms with Crippen LogP contribution in [0.5, 0.6) is 0 Å². The Hall–Kier alpha value is -3.27. The second-order valence-electron chi connectivity index (χ2n) is 5.71. The third-order valence-corrected chi connectivity index (χ3v) is 3.98. The zero-order valence-electron chi connectivity index (χ0n) is 14.2. The lowest BCUT2D eigenvalue weighted by Gasteiger charge is -2.24. The number of anilines is 4. The summed E-state index contributed by atoms with van der Waals surface area (Å²) in [5.74, 6) is 1.02. The van der Waals surface area contributed by atoms with Gasteiger partial charge in [-0.15, -0.1) is 0 Å². The van der Waals surface area contributed by atoms with Crippen LogP contribution in [0.15, 0.2) is 34.9 Å². The number of rotatable bonds is 4. The molecule has 1 fully saturated rings. The summed E-state index contributed by atoms with van der Waals surface area (Å²) in [5.41, 5.74) is 6.78. The molecule has 26 heavy (non-hydrogen) atoms. The second-order valence-corrected chi connectivity index (χ2v) is 5.71. The number of ether oxygens (including phenoxy) is 1. The first-order chi connectivity index (χ1) is 12.7. The molecule has 0 amide bonds. The van der Waals surface area contributed by atoms with Crippen LogP contribution in [-0.4, -0.2) is 58.4 Å². The van der Waals surface area contributed by atoms with E-state index in [1.807, 2.05) is 47.2 Å². The van der Waals surface area contributed by atoms with Crippen LogP contribution in [0.1, 0.15) is 0 Å². The Morgan fingerprint density at radius 1 is 1.00 bits per heavy atom. The zero-order chi connectivity index (χ0) is 17.9. The maximum absolute atomic E-state index is 5.86. The minimum atomic E-state index is 0.0884. The average Bonchev–Trinajstić information content (AvgIpc) is 3.19. The quantitative estimate of drug-likeness (QED) is 0.729. The first-order valence-corrected chi connectivity index (χ1v) is 8.18. The predicted molar refractivity (Wildman–Crippen MR) is 95.1 cm³/mol. The van der Waals surface area contributed by atoms with Gasteiger partial charge >= 0.3 is 6.01 Å². The Bertz CT molecular complexity index is 879. The SMILES string of the molecule is CN(c1ccccc1)c1nc(N)nc(-c2noc(N3CCOCC3)n2)n1. The van der Waals surface area contributed by atoms with Gasteiger partial charge in [-0.3, -0.25) is 0 Å². The summed E-state index contributed by atoms with van der Waals surface area (Å²) in [6.07, 6.45) is 0. The lowest BCUT2D eigenvalue weighted by atomic mass is 10.3. The van der Waals surface area contributed by atoms with Crippen LogP contribution in [0, 0.1) is 0 Å². The lowest BCUT2D eigenvalue weighted by Crippen LogP contribution is -2.36. The van der Waals surface area contributed by atoms with E-state index in [1.54, 1.807) is 0 Å². The highest BCUT2D eigenvalue weighted by molar-refractivity contribution is 5.59. The third-order valence-electron chi connectivity index (χ3n) is 3.98. The van der Waals surface area contributed by atoms with Gasteiger partial charge in [0.1, 0.15) is 0 Å². The fraction of sp³-hybridized carbons (Fsp3) is 0.312. The highest BCUT2D eigenvalue weighted by Crippen LogP contribution is 2.23. The van der Waals surface area contributed by atoms with Crippen LogP contribution in [0.4, 0.5) is 23.6 Å². The van der Waals surface area contributed by atoms with Crippen molar-refractivity contribution < 1.29 is 9.26 Å². The van der Waals surface area contributed by atoms with Gasteiger partial charge < -0.3 is 24.8 Å². The number of nitrogen functional groups attached to an aromatic ring is 1. The van der Waals surface area contributed by atoms with Crippen molar-refractivity contribution in [2.45, 2.75) is 0 Å². The molecule has 1 aliphatic rings. The molecule has 134 valence electrons. The minimum Gasteiger partial charge on any atom is -0.378 e. The molecule has 4 rings (SSSR count). The monoisotopic (exact) mass is 354 g/mol. The molecule has 0 radical (unpaired) electrons. The summed E-state index contributed by atoms with van der Waals surface area (Å²) >= 11 is 0. The van der Waals surface area contributed by atoms with Gasteiger partial charge in [0.2, 0.25) is 23.5 Å². The summed E-state index contributed by atoms with van der Waals surface area (Å²) in [4.78, 5) is 20.9. The maximum atomic E-state index is 5.86. The molecule has 1 aliphatic heterocycles. The molecule has 3 heterocycles. The first-order valence-electron chi connectivity index (χ1n) is 8.18. The number of aromatic nitrogens is 5. The van der Waals surface area contributed by atoms with Crippen molar-refractivity contribution in [1.29, 1.82) is 0 Å². The molecule has 2 N–H and O–H groups in total. The smallest absolute Gasteiger partial charge is 0.324 e. The van der Waals surface area contributed by atoms with E-state index in [-0.39, 0.29) is 17.6 Å². The van der Waals surface area contributed by atoms with Crippen LogP contribution in [0.25, 0.3) is 11.6 Å². The predicted octanol–water partition coefficient (Wildman–Crippen LogP) is 1.11. The van der Waals surface area contributed by atoms with Gasteiger partial charge in [-0.25, -0.2) is 0 Å². The standard InChI is InChI=1S/C16H18N8O2/c1-23(11-5-3-2-4-6-11)15-19-12(18-14(17)21-15)13-20-16(26-22-13)24-7-9-25-10-8-24/h2-6H,7-10H2,1H3,(H2,17,18,19,21). The Morgan fingerprint density at radius 2 is 1.77 bits per heavy atom. The summed E-state index contributed by atoms with van der Waals surface area (Å²) in [6, 6.07) is 10.1. The highest BCUT2D eigenvalue weighted by atomic mass is 16.5. The van der Waals surface area contributed by atoms with Crippen molar-refractivity contribution in [3.63, 3.8) is 0 Å². The van der Waals surface area contributed by atoms with E-state index < -0.39 is 0 Å². The Kier molecular flexibility index (Phi) is 4.32. The number of nitrogens with two attached hydrogens (primary N) is 1. The molecule has 1 saturated heterocycles. The van der Waals surface area contributed by atoms with E-state index in [1.165, 1.54) is 0 Å². The number of para-hydroxylation sites is 1. The van der Waals surface area contributed by atoms with Crippen molar-refractivity contribution in [2.24, 2.45) is 0 Å². The van der Waals surface area contributed by atoms with Gasteiger partial charge in [0, 0.05) is 25.8 Å². The molecule has 3 aromatic rings. The summed E-state index contributed by atoms with van der Waals surface area (Å²) in [7, 11) is 1.85. The fourth-order valence-corrected chi connectivity index (χ4v) is 2.59. The van der Waals surface area contributed by atoms with Crippen molar-refractivity contribution in [2.75, 3.05) is 48.9 Å². The molecule has 0 saturated carbocycles.